The number of aryl methyl sites for hydroxylation is 1. The fourth-order valence-electron chi connectivity index (χ4n) is 2.12. The van der Waals surface area contributed by atoms with Gasteiger partial charge in [0.25, 0.3) is 0 Å². The number of nitrogens with zero attached hydrogens (tertiary/aromatic N) is 4. The van der Waals surface area contributed by atoms with Crippen LogP contribution in [0.25, 0.3) is 26.8 Å². The summed E-state index contributed by atoms with van der Waals surface area (Å²) >= 11 is 6.18. The summed E-state index contributed by atoms with van der Waals surface area (Å²) in [5, 5.41) is 11.8. The van der Waals surface area contributed by atoms with Gasteiger partial charge in [-0.2, -0.15) is 4.85 Å². The van der Waals surface area contributed by atoms with Gasteiger partial charge in [-0.05, 0) is 6.07 Å². The minimum Gasteiger partial charge on any atom is -0.323 e. The molecule has 18 heavy (non-hydrogen) atoms. The normalized spacial score (nSPS) is 10.9. The smallest absolute Gasteiger partial charge is 0.323 e. The Morgan fingerprint density at radius 2 is 2.33 bits per heavy atom. The molecule has 0 aliphatic carbocycles. The quantitative estimate of drug-likeness (QED) is 0.383. The summed E-state index contributed by atoms with van der Waals surface area (Å²) in [4.78, 5) is 7.53. The van der Waals surface area contributed by atoms with Crippen LogP contribution in [-0.4, -0.2) is 14.8 Å². The van der Waals surface area contributed by atoms with Crippen molar-refractivity contribution in [3.8, 4) is 0 Å². The molecule has 0 bridgehead atoms. The molecule has 0 aliphatic rings. The molecule has 0 spiro atoms. The Labute approximate surface area is 107 Å². The average molecular weight is 260 g/mol. The highest BCUT2D eigenvalue weighted by Gasteiger charge is 2.19. The number of fused-ring (bicyclic) bond motifs is 3. The topological polar surface area (TPSA) is 46.3 Å². The van der Waals surface area contributed by atoms with Crippen LogP contribution in [0.2, 0.25) is 5.02 Å². The zero-order valence-corrected chi connectivity index (χ0v) is 10.2. The van der Waals surface area contributed by atoms with E-state index < -0.39 is 0 Å². The van der Waals surface area contributed by atoms with Gasteiger partial charge in [0.05, 0.1) is 5.02 Å². The van der Waals surface area contributed by atoms with E-state index in [0.29, 0.717) is 5.02 Å². The Morgan fingerprint density at radius 1 is 1.56 bits per heavy atom. The summed E-state index contributed by atoms with van der Waals surface area (Å²) in [6.45, 7) is 7.02. The van der Waals surface area contributed by atoms with Crippen LogP contribution >= 0.6 is 11.6 Å². The van der Waals surface area contributed by atoms with Crippen LogP contribution in [0.15, 0.2) is 24.5 Å². The Kier molecular flexibility index (Phi) is 2.15. The molecule has 0 saturated carbocycles. The van der Waals surface area contributed by atoms with E-state index in [2.05, 4.69) is 9.83 Å². The SMILES string of the molecule is [C-]#[N+]c1cc2c3c(Cl)ccnc3n(C)c2c[n+]1O. The number of hydrogen-bond donors (Lipinski definition) is 1. The van der Waals surface area contributed by atoms with E-state index in [1.807, 2.05) is 11.6 Å². The Hall–Kier alpha value is -2.32. The van der Waals surface area contributed by atoms with Gasteiger partial charge in [0.2, 0.25) is 6.20 Å². The summed E-state index contributed by atoms with van der Waals surface area (Å²) in [6.07, 6.45) is 3.12. The van der Waals surface area contributed by atoms with Gasteiger partial charge in [-0.15, -0.1) is 0 Å². The number of aromatic nitrogens is 3. The molecule has 0 atom stereocenters. The molecule has 0 saturated heterocycles. The molecule has 1 N–H and O–H groups in total. The molecule has 3 rings (SSSR count). The van der Waals surface area contributed by atoms with Crippen LogP contribution in [0.1, 0.15) is 0 Å². The van der Waals surface area contributed by atoms with Crippen LogP contribution in [0.4, 0.5) is 5.82 Å². The van der Waals surface area contributed by atoms with E-state index >= 15 is 0 Å². The van der Waals surface area contributed by atoms with Gasteiger partial charge in [-0.25, -0.2) is 4.98 Å². The average Bonchev–Trinajstić information content (AvgIpc) is 2.63. The van der Waals surface area contributed by atoms with Crippen molar-refractivity contribution in [3.63, 3.8) is 0 Å². The second kappa shape index (κ2) is 3.59. The number of halogens is 1. The van der Waals surface area contributed by atoms with Crippen molar-refractivity contribution < 1.29 is 9.94 Å². The van der Waals surface area contributed by atoms with E-state index in [9.17, 15) is 5.21 Å². The Morgan fingerprint density at radius 3 is 3.06 bits per heavy atom. The first kappa shape index (κ1) is 10.8. The first-order valence-corrected chi connectivity index (χ1v) is 5.56. The van der Waals surface area contributed by atoms with Crippen molar-refractivity contribution in [1.82, 2.24) is 9.55 Å². The monoisotopic (exact) mass is 259 g/mol. The maximum absolute atomic E-state index is 9.66. The van der Waals surface area contributed by atoms with E-state index in [4.69, 9.17) is 18.2 Å². The fourth-order valence-corrected chi connectivity index (χ4v) is 2.36. The van der Waals surface area contributed by atoms with Crippen molar-refractivity contribution in [2.45, 2.75) is 0 Å². The third-order valence-electron chi connectivity index (χ3n) is 2.97. The van der Waals surface area contributed by atoms with Gasteiger partial charge in [0, 0.05) is 34.8 Å². The van der Waals surface area contributed by atoms with Crippen LogP contribution in [0.5, 0.6) is 0 Å². The molecule has 0 fully saturated rings. The third kappa shape index (κ3) is 1.27. The van der Waals surface area contributed by atoms with Crippen molar-refractivity contribution in [2.24, 2.45) is 7.05 Å². The molecule has 5 nitrogen and oxygen atoms in total. The molecular weight excluding hydrogens is 252 g/mol. The number of hydrogen-bond acceptors (Lipinski definition) is 2. The third-order valence-corrected chi connectivity index (χ3v) is 3.29. The molecule has 3 aromatic heterocycles. The zero-order chi connectivity index (χ0) is 12.9. The first-order chi connectivity index (χ1) is 8.63. The Balaban J connectivity index is 2.63. The minimum absolute atomic E-state index is 0.134. The van der Waals surface area contributed by atoms with Crippen molar-refractivity contribution in [3.05, 3.63) is 41.0 Å². The van der Waals surface area contributed by atoms with Gasteiger partial charge in [0.15, 0.2) is 0 Å². The largest absolute Gasteiger partial charge is 0.466 e. The molecule has 3 aromatic rings. The highest BCUT2D eigenvalue weighted by molar-refractivity contribution is 6.37. The second-order valence-corrected chi connectivity index (χ2v) is 4.34. The van der Waals surface area contributed by atoms with Crippen LogP contribution < -0.4 is 4.73 Å². The maximum Gasteiger partial charge on any atom is 0.466 e. The van der Waals surface area contributed by atoms with Crippen molar-refractivity contribution in [1.29, 1.82) is 0 Å². The lowest BCUT2D eigenvalue weighted by Gasteiger charge is -1.95. The predicted octanol–water partition coefficient (Wildman–Crippen LogP) is 2.46. The number of pyridine rings is 2. The molecule has 0 radical (unpaired) electrons. The summed E-state index contributed by atoms with van der Waals surface area (Å²) in [7, 11) is 1.84. The van der Waals surface area contributed by atoms with Crippen molar-refractivity contribution in [2.75, 3.05) is 0 Å². The van der Waals surface area contributed by atoms with E-state index in [-0.39, 0.29) is 5.82 Å². The standard InChI is InChI=1S/C12H8ClN4O/c1-14-10-5-7-9(6-17(10)18)16(2)12-11(7)8(13)3-4-15-12/h3-6,18H,2H3/q+1. The van der Waals surface area contributed by atoms with E-state index in [1.165, 1.54) is 6.20 Å². The van der Waals surface area contributed by atoms with Gasteiger partial charge in [-0.3, -0.25) is 5.21 Å². The lowest BCUT2D eigenvalue weighted by Crippen LogP contribution is -2.29. The van der Waals surface area contributed by atoms with Gasteiger partial charge >= 0.3 is 5.82 Å². The summed E-state index contributed by atoms with van der Waals surface area (Å²) in [5.74, 6) is 0.134. The maximum atomic E-state index is 9.66. The minimum atomic E-state index is 0.134. The van der Waals surface area contributed by atoms with E-state index in [0.717, 1.165) is 26.7 Å². The van der Waals surface area contributed by atoms with Crippen molar-refractivity contribution >= 4 is 39.4 Å². The van der Waals surface area contributed by atoms with Gasteiger partial charge in [-0.1, -0.05) is 11.6 Å². The highest BCUT2D eigenvalue weighted by Crippen LogP contribution is 2.32. The fraction of sp³-hybridized carbons (Fsp3) is 0.0833. The van der Waals surface area contributed by atoms with Gasteiger partial charge in [0.1, 0.15) is 17.7 Å². The highest BCUT2D eigenvalue weighted by atomic mass is 35.5. The predicted molar refractivity (Wildman–Crippen MR) is 66.9 cm³/mol. The second-order valence-electron chi connectivity index (χ2n) is 3.94. The molecule has 88 valence electrons. The first-order valence-electron chi connectivity index (χ1n) is 5.18. The number of rotatable bonds is 0. The Bertz CT molecular complexity index is 832. The molecule has 0 aromatic carbocycles. The molecule has 6 heteroatoms. The summed E-state index contributed by atoms with van der Waals surface area (Å²) in [6, 6.07) is 3.32. The van der Waals surface area contributed by atoms with E-state index in [1.54, 1.807) is 18.3 Å². The zero-order valence-electron chi connectivity index (χ0n) is 9.42. The lowest BCUT2D eigenvalue weighted by molar-refractivity contribution is -0.891. The molecule has 0 amide bonds. The van der Waals surface area contributed by atoms with Crippen LogP contribution in [-0.2, 0) is 7.05 Å². The summed E-state index contributed by atoms with van der Waals surface area (Å²) < 4.78 is 2.64. The molecule has 3 heterocycles. The van der Waals surface area contributed by atoms with Gasteiger partial charge < -0.3 is 4.57 Å². The summed E-state index contributed by atoms with van der Waals surface area (Å²) in [5.41, 5.74) is 1.49. The van der Waals surface area contributed by atoms with Crippen LogP contribution in [0.3, 0.4) is 0 Å². The molecule has 0 unspecified atom stereocenters. The van der Waals surface area contributed by atoms with Crippen LogP contribution in [0, 0.1) is 6.57 Å². The molecular formula is C12H8ClN4O+. The lowest BCUT2D eigenvalue weighted by atomic mass is 10.2. The molecule has 0 aliphatic heterocycles.